The fourth-order valence-electron chi connectivity index (χ4n) is 2.22. The number of nitrogens with one attached hydrogen (secondary N) is 1. The summed E-state index contributed by atoms with van der Waals surface area (Å²) >= 11 is 0. The first-order chi connectivity index (χ1) is 10.2. The molecule has 7 heteroatoms. The van der Waals surface area contributed by atoms with Crippen molar-refractivity contribution in [2.45, 2.75) is 6.42 Å². The van der Waals surface area contributed by atoms with Gasteiger partial charge >= 0.3 is 5.97 Å². The Balaban J connectivity index is 1.83. The quantitative estimate of drug-likeness (QED) is 0.586. The Kier molecular flexibility index (Phi) is 5.77. The highest BCUT2D eigenvalue weighted by atomic mass is 16.5. The summed E-state index contributed by atoms with van der Waals surface area (Å²) < 4.78 is 10.0. The summed E-state index contributed by atoms with van der Waals surface area (Å²) in [5, 5.41) is 3.17. The summed E-state index contributed by atoms with van der Waals surface area (Å²) in [6.07, 6.45) is 2.49. The standard InChI is InChI=1S/C14H22N4O3/c1-20-14(19)12-9-11(15)10-17-13(12)16-3-2-4-18-5-7-21-8-6-18/h9-10H,2-8,15H2,1H3,(H,16,17). The number of carbonyl (C=O) groups is 1. The van der Waals surface area contributed by atoms with E-state index in [1.807, 2.05) is 0 Å². The lowest BCUT2D eigenvalue weighted by molar-refractivity contribution is 0.0378. The summed E-state index contributed by atoms with van der Waals surface area (Å²) in [6.45, 7) is 5.30. The molecule has 0 unspecified atom stereocenters. The van der Waals surface area contributed by atoms with Crippen LogP contribution in [0, 0.1) is 0 Å². The van der Waals surface area contributed by atoms with Crippen molar-refractivity contribution in [3.05, 3.63) is 17.8 Å². The van der Waals surface area contributed by atoms with Gasteiger partial charge in [-0.1, -0.05) is 0 Å². The average molecular weight is 294 g/mol. The van der Waals surface area contributed by atoms with E-state index >= 15 is 0 Å². The third kappa shape index (κ3) is 4.57. The average Bonchev–Trinajstić information content (AvgIpc) is 2.53. The number of hydrogen-bond donors (Lipinski definition) is 2. The maximum Gasteiger partial charge on any atom is 0.341 e. The van der Waals surface area contributed by atoms with Gasteiger partial charge in [0, 0.05) is 19.6 Å². The molecule has 0 atom stereocenters. The zero-order valence-corrected chi connectivity index (χ0v) is 12.3. The number of carbonyl (C=O) groups excluding carboxylic acids is 1. The molecule has 0 bridgehead atoms. The summed E-state index contributed by atoms with van der Waals surface area (Å²) in [7, 11) is 1.34. The molecule has 0 saturated carbocycles. The zero-order valence-electron chi connectivity index (χ0n) is 12.3. The molecule has 0 aliphatic carbocycles. The normalized spacial score (nSPS) is 15.7. The molecule has 116 valence electrons. The number of nitrogen functional groups attached to an aromatic ring is 1. The van der Waals surface area contributed by atoms with Crippen LogP contribution in [0.15, 0.2) is 12.3 Å². The van der Waals surface area contributed by atoms with Crippen LogP contribution in [-0.4, -0.2) is 62.4 Å². The molecule has 0 aromatic carbocycles. The Bertz CT molecular complexity index is 475. The van der Waals surface area contributed by atoms with Crippen molar-refractivity contribution in [3.63, 3.8) is 0 Å². The Morgan fingerprint density at radius 3 is 3.00 bits per heavy atom. The number of nitrogens with two attached hydrogens (primary N) is 1. The lowest BCUT2D eigenvalue weighted by Crippen LogP contribution is -2.37. The minimum Gasteiger partial charge on any atom is -0.465 e. The van der Waals surface area contributed by atoms with Gasteiger partial charge in [0.2, 0.25) is 0 Å². The molecule has 7 nitrogen and oxygen atoms in total. The molecule has 1 fully saturated rings. The van der Waals surface area contributed by atoms with Crippen LogP contribution in [0.2, 0.25) is 0 Å². The molecular weight excluding hydrogens is 272 g/mol. The summed E-state index contributed by atoms with van der Waals surface area (Å²) in [5.41, 5.74) is 6.46. The third-order valence-corrected chi connectivity index (χ3v) is 3.36. The molecular formula is C14H22N4O3. The van der Waals surface area contributed by atoms with E-state index in [0.717, 1.165) is 45.8 Å². The van der Waals surface area contributed by atoms with Crippen molar-refractivity contribution < 1.29 is 14.3 Å². The molecule has 1 aromatic heterocycles. The topological polar surface area (TPSA) is 89.7 Å². The zero-order chi connectivity index (χ0) is 15.1. The van der Waals surface area contributed by atoms with Gasteiger partial charge in [0.1, 0.15) is 11.4 Å². The minimum atomic E-state index is -0.439. The van der Waals surface area contributed by atoms with Crippen LogP contribution in [-0.2, 0) is 9.47 Å². The van der Waals surface area contributed by atoms with Crippen LogP contribution in [0.25, 0.3) is 0 Å². The second-order valence-corrected chi connectivity index (χ2v) is 4.89. The lowest BCUT2D eigenvalue weighted by atomic mass is 10.2. The Morgan fingerprint density at radius 1 is 1.52 bits per heavy atom. The lowest BCUT2D eigenvalue weighted by Gasteiger charge is -2.26. The number of aromatic nitrogens is 1. The van der Waals surface area contributed by atoms with Crippen LogP contribution in [0.5, 0.6) is 0 Å². The van der Waals surface area contributed by atoms with Crippen molar-refractivity contribution in [2.75, 3.05) is 57.6 Å². The van der Waals surface area contributed by atoms with E-state index < -0.39 is 5.97 Å². The Hall–Kier alpha value is -1.86. The SMILES string of the molecule is COC(=O)c1cc(N)cnc1NCCCN1CCOCC1. The predicted octanol–water partition coefficient (Wildman–Crippen LogP) is 0.585. The summed E-state index contributed by atoms with van der Waals surface area (Å²) in [4.78, 5) is 18.2. The number of esters is 1. The first-order valence-electron chi connectivity index (χ1n) is 7.08. The Morgan fingerprint density at radius 2 is 2.29 bits per heavy atom. The van der Waals surface area contributed by atoms with Gasteiger partial charge in [0.25, 0.3) is 0 Å². The molecule has 1 aliphatic heterocycles. The maximum atomic E-state index is 11.7. The van der Waals surface area contributed by atoms with Gasteiger partial charge in [-0.2, -0.15) is 0 Å². The van der Waals surface area contributed by atoms with E-state index in [4.69, 9.17) is 15.2 Å². The molecule has 0 amide bonds. The Labute approximate surface area is 124 Å². The molecule has 1 aromatic rings. The second-order valence-electron chi connectivity index (χ2n) is 4.89. The number of morpholine rings is 1. The fourth-order valence-corrected chi connectivity index (χ4v) is 2.22. The van der Waals surface area contributed by atoms with Gasteiger partial charge < -0.3 is 20.5 Å². The largest absolute Gasteiger partial charge is 0.465 e. The highest BCUT2D eigenvalue weighted by Crippen LogP contribution is 2.16. The predicted molar refractivity (Wildman–Crippen MR) is 80.4 cm³/mol. The number of methoxy groups -OCH3 is 1. The fraction of sp³-hybridized carbons (Fsp3) is 0.571. The van der Waals surface area contributed by atoms with Gasteiger partial charge in [0.05, 0.1) is 32.2 Å². The van der Waals surface area contributed by atoms with Crippen LogP contribution in [0.3, 0.4) is 0 Å². The van der Waals surface area contributed by atoms with Crippen molar-refractivity contribution in [1.29, 1.82) is 0 Å². The van der Waals surface area contributed by atoms with Gasteiger partial charge in [-0.05, 0) is 19.0 Å². The van der Waals surface area contributed by atoms with Gasteiger partial charge in [0.15, 0.2) is 0 Å². The highest BCUT2D eigenvalue weighted by Gasteiger charge is 2.14. The van der Waals surface area contributed by atoms with Gasteiger partial charge in [-0.15, -0.1) is 0 Å². The van der Waals surface area contributed by atoms with Crippen molar-refractivity contribution in [3.8, 4) is 0 Å². The second kappa shape index (κ2) is 7.80. The highest BCUT2D eigenvalue weighted by molar-refractivity contribution is 5.95. The number of hydrogen-bond acceptors (Lipinski definition) is 7. The first-order valence-corrected chi connectivity index (χ1v) is 7.08. The van der Waals surface area contributed by atoms with E-state index in [1.165, 1.54) is 13.3 Å². The van der Waals surface area contributed by atoms with Crippen LogP contribution >= 0.6 is 0 Å². The first kappa shape index (κ1) is 15.5. The molecule has 1 saturated heterocycles. The van der Waals surface area contributed by atoms with E-state index in [0.29, 0.717) is 17.1 Å². The van der Waals surface area contributed by atoms with E-state index in [9.17, 15) is 4.79 Å². The molecule has 2 heterocycles. The summed E-state index contributed by atoms with van der Waals surface area (Å²) in [6, 6.07) is 1.57. The van der Waals surface area contributed by atoms with Gasteiger partial charge in [-0.3, -0.25) is 4.90 Å². The van der Waals surface area contributed by atoms with Crippen LogP contribution in [0.4, 0.5) is 11.5 Å². The number of rotatable bonds is 6. The molecule has 21 heavy (non-hydrogen) atoms. The van der Waals surface area contributed by atoms with Crippen molar-refractivity contribution in [1.82, 2.24) is 9.88 Å². The monoisotopic (exact) mass is 294 g/mol. The number of anilines is 2. The van der Waals surface area contributed by atoms with Crippen molar-refractivity contribution in [2.24, 2.45) is 0 Å². The smallest absolute Gasteiger partial charge is 0.341 e. The number of pyridine rings is 1. The number of nitrogens with zero attached hydrogens (tertiary/aromatic N) is 2. The van der Waals surface area contributed by atoms with E-state index in [1.54, 1.807) is 6.07 Å². The maximum absolute atomic E-state index is 11.7. The number of ether oxygens (including phenoxy) is 2. The van der Waals surface area contributed by atoms with Crippen LogP contribution in [0.1, 0.15) is 16.8 Å². The van der Waals surface area contributed by atoms with E-state index in [-0.39, 0.29) is 0 Å². The molecule has 2 rings (SSSR count). The molecule has 0 radical (unpaired) electrons. The summed E-state index contributed by atoms with van der Waals surface area (Å²) in [5.74, 6) is 0.0727. The van der Waals surface area contributed by atoms with Crippen LogP contribution < -0.4 is 11.1 Å². The molecule has 0 spiro atoms. The minimum absolute atomic E-state index is 0.365. The van der Waals surface area contributed by atoms with Gasteiger partial charge in [-0.25, -0.2) is 9.78 Å². The third-order valence-electron chi connectivity index (χ3n) is 3.36. The molecule has 1 aliphatic rings. The molecule has 3 N–H and O–H groups in total. The van der Waals surface area contributed by atoms with Crippen molar-refractivity contribution >= 4 is 17.5 Å². The van der Waals surface area contributed by atoms with E-state index in [2.05, 4.69) is 15.2 Å².